The predicted molar refractivity (Wildman–Crippen MR) is 71.5 cm³/mol. The minimum atomic E-state index is -0.151. The summed E-state index contributed by atoms with van der Waals surface area (Å²) >= 11 is 1.40. The van der Waals surface area contributed by atoms with E-state index in [9.17, 15) is 4.79 Å². The van der Waals surface area contributed by atoms with E-state index in [1.165, 1.54) is 31.0 Å². The highest BCUT2D eigenvalue weighted by Gasteiger charge is 2.21. The Hall–Kier alpha value is -1.04. The van der Waals surface area contributed by atoms with Crippen LogP contribution in [0, 0.1) is 6.92 Å². The number of nitrogens with one attached hydrogen (secondary N) is 2. The summed E-state index contributed by atoms with van der Waals surface area (Å²) in [4.78, 5) is 16.2. The monoisotopic (exact) mass is 268 g/mol. The van der Waals surface area contributed by atoms with Gasteiger partial charge in [-0.1, -0.05) is 31.0 Å². The minimum absolute atomic E-state index is 0.0920. The molecular formula is C12H20N4OS. The van der Waals surface area contributed by atoms with Crippen molar-refractivity contribution in [3.8, 4) is 0 Å². The zero-order chi connectivity index (χ0) is 13.0. The summed E-state index contributed by atoms with van der Waals surface area (Å²) in [5.41, 5.74) is 0. The maximum absolute atomic E-state index is 12.0. The van der Waals surface area contributed by atoms with Crippen LogP contribution >= 0.6 is 11.8 Å². The maximum Gasteiger partial charge on any atom is 0.233 e. The maximum atomic E-state index is 12.0. The normalized spacial score (nSPS) is 18.6. The van der Waals surface area contributed by atoms with Crippen molar-refractivity contribution >= 4 is 17.7 Å². The van der Waals surface area contributed by atoms with Gasteiger partial charge in [0.2, 0.25) is 11.1 Å². The number of amides is 1. The van der Waals surface area contributed by atoms with Gasteiger partial charge in [0.05, 0.1) is 5.25 Å². The van der Waals surface area contributed by atoms with Crippen molar-refractivity contribution < 1.29 is 4.79 Å². The Morgan fingerprint density at radius 3 is 2.78 bits per heavy atom. The summed E-state index contributed by atoms with van der Waals surface area (Å²) in [5, 5.41) is 10.4. The lowest BCUT2D eigenvalue weighted by atomic mass is 9.95. The summed E-state index contributed by atoms with van der Waals surface area (Å²) < 4.78 is 0. The second kappa shape index (κ2) is 6.22. The fourth-order valence-electron chi connectivity index (χ4n) is 2.15. The molecular weight excluding hydrogens is 248 g/mol. The minimum Gasteiger partial charge on any atom is -0.352 e. The third-order valence-corrected chi connectivity index (χ3v) is 4.14. The van der Waals surface area contributed by atoms with E-state index in [2.05, 4.69) is 20.5 Å². The average molecular weight is 268 g/mol. The number of carbonyl (C=O) groups is 1. The molecule has 2 N–H and O–H groups in total. The summed E-state index contributed by atoms with van der Waals surface area (Å²) in [5.74, 6) is 0.867. The van der Waals surface area contributed by atoms with Gasteiger partial charge >= 0.3 is 0 Å². The number of hydrogen-bond acceptors (Lipinski definition) is 4. The molecule has 0 spiro atoms. The van der Waals surface area contributed by atoms with Gasteiger partial charge in [-0.3, -0.25) is 9.89 Å². The molecule has 18 heavy (non-hydrogen) atoms. The van der Waals surface area contributed by atoms with Crippen molar-refractivity contribution in [1.82, 2.24) is 20.5 Å². The molecule has 2 rings (SSSR count). The van der Waals surface area contributed by atoms with E-state index in [4.69, 9.17) is 0 Å². The SMILES string of the molecule is Cc1nc(S[C@@H](C)C(=O)NC2CCCCC2)n[nH]1. The number of nitrogens with zero attached hydrogens (tertiary/aromatic N) is 2. The molecule has 0 aliphatic heterocycles. The van der Waals surface area contributed by atoms with E-state index in [-0.39, 0.29) is 11.2 Å². The molecule has 1 aliphatic carbocycles. The third kappa shape index (κ3) is 3.73. The molecule has 0 bridgehead atoms. The van der Waals surface area contributed by atoms with Gasteiger partial charge in [0, 0.05) is 6.04 Å². The molecule has 0 radical (unpaired) electrons. The van der Waals surface area contributed by atoms with Crippen LogP contribution in [0.25, 0.3) is 0 Å². The van der Waals surface area contributed by atoms with E-state index < -0.39 is 0 Å². The molecule has 1 amide bonds. The Morgan fingerprint density at radius 2 is 2.17 bits per heavy atom. The smallest absolute Gasteiger partial charge is 0.233 e. The Kier molecular flexibility index (Phi) is 4.63. The van der Waals surface area contributed by atoms with Crippen LogP contribution in [0.3, 0.4) is 0 Å². The van der Waals surface area contributed by atoms with Gasteiger partial charge in [0.15, 0.2) is 0 Å². The number of aromatic amines is 1. The van der Waals surface area contributed by atoms with Crippen molar-refractivity contribution in [1.29, 1.82) is 0 Å². The first-order valence-corrected chi connectivity index (χ1v) is 7.39. The molecule has 1 aromatic heterocycles. The zero-order valence-corrected chi connectivity index (χ0v) is 11.7. The molecule has 0 saturated heterocycles. The summed E-state index contributed by atoms with van der Waals surface area (Å²) in [6, 6.07) is 0.364. The quantitative estimate of drug-likeness (QED) is 0.820. The van der Waals surface area contributed by atoms with Gasteiger partial charge in [-0.05, 0) is 26.7 Å². The van der Waals surface area contributed by atoms with Gasteiger partial charge < -0.3 is 5.32 Å². The van der Waals surface area contributed by atoms with Crippen LogP contribution < -0.4 is 5.32 Å². The predicted octanol–water partition coefficient (Wildman–Crippen LogP) is 2.04. The van der Waals surface area contributed by atoms with Crippen LogP contribution in [-0.4, -0.2) is 32.4 Å². The topological polar surface area (TPSA) is 70.7 Å². The number of H-pyrrole nitrogens is 1. The first-order valence-electron chi connectivity index (χ1n) is 6.51. The highest BCUT2D eigenvalue weighted by atomic mass is 32.2. The highest BCUT2D eigenvalue weighted by Crippen LogP contribution is 2.21. The molecule has 1 aromatic rings. The van der Waals surface area contributed by atoms with Crippen LogP contribution in [0.5, 0.6) is 0 Å². The molecule has 5 nitrogen and oxygen atoms in total. The van der Waals surface area contributed by atoms with Crippen LogP contribution in [0.15, 0.2) is 5.16 Å². The van der Waals surface area contributed by atoms with Crippen molar-refractivity contribution in [3.63, 3.8) is 0 Å². The van der Waals surface area contributed by atoms with Crippen LogP contribution in [0.4, 0.5) is 0 Å². The Morgan fingerprint density at radius 1 is 1.44 bits per heavy atom. The fraction of sp³-hybridized carbons (Fsp3) is 0.750. The number of aryl methyl sites for hydroxylation is 1. The first-order chi connectivity index (χ1) is 8.65. The van der Waals surface area contributed by atoms with E-state index >= 15 is 0 Å². The lowest BCUT2D eigenvalue weighted by molar-refractivity contribution is -0.121. The molecule has 1 fully saturated rings. The molecule has 1 heterocycles. The zero-order valence-electron chi connectivity index (χ0n) is 10.9. The van der Waals surface area contributed by atoms with E-state index in [0.717, 1.165) is 18.7 Å². The molecule has 1 saturated carbocycles. The third-order valence-electron chi connectivity index (χ3n) is 3.18. The van der Waals surface area contributed by atoms with Gasteiger partial charge in [0.1, 0.15) is 5.82 Å². The van der Waals surface area contributed by atoms with Crippen molar-refractivity contribution in [2.24, 2.45) is 0 Å². The Balaban J connectivity index is 1.80. The number of carbonyl (C=O) groups excluding carboxylic acids is 1. The Bertz CT molecular complexity index is 401. The van der Waals surface area contributed by atoms with Gasteiger partial charge in [-0.2, -0.15) is 0 Å². The molecule has 0 aromatic carbocycles. The van der Waals surface area contributed by atoms with Crippen molar-refractivity contribution in [2.75, 3.05) is 0 Å². The van der Waals surface area contributed by atoms with E-state index in [1.807, 2.05) is 13.8 Å². The summed E-state index contributed by atoms with van der Waals surface area (Å²) in [6.07, 6.45) is 5.98. The summed E-state index contributed by atoms with van der Waals surface area (Å²) in [7, 11) is 0. The first kappa shape index (κ1) is 13.4. The summed E-state index contributed by atoms with van der Waals surface area (Å²) in [6.45, 7) is 3.75. The second-order valence-electron chi connectivity index (χ2n) is 4.81. The number of hydrogen-bond donors (Lipinski definition) is 2. The molecule has 1 atom stereocenters. The molecule has 0 unspecified atom stereocenters. The largest absolute Gasteiger partial charge is 0.352 e. The molecule has 100 valence electrons. The molecule has 1 aliphatic rings. The van der Waals surface area contributed by atoms with Gasteiger partial charge in [0.25, 0.3) is 0 Å². The lowest BCUT2D eigenvalue weighted by Gasteiger charge is -2.24. The molecule has 6 heteroatoms. The Labute approximate surface area is 112 Å². The van der Waals surface area contributed by atoms with Crippen molar-refractivity contribution in [3.05, 3.63) is 5.82 Å². The van der Waals surface area contributed by atoms with Gasteiger partial charge in [-0.25, -0.2) is 4.98 Å². The number of aromatic nitrogens is 3. The van der Waals surface area contributed by atoms with Gasteiger partial charge in [-0.15, -0.1) is 5.10 Å². The van der Waals surface area contributed by atoms with E-state index in [0.29, 0.717) is 11.2 Å². The highest BCUT2D eigenvalue weighted by molar-refractivity contribution is 8.00. The standard InChI is InChI=1S/C12H20N4OS/c1-8(18-12-13-9(2)15-16-12)11(17)14-10-6-4-3-5-7-10/h8,10H,3-7H2,1-2H3,(H,14,17)(H,13,15,16)/t8-/m0/s1. The van der Waals surface area contributed by atoms with Crippen molar-refractivity contribution in [2.45, 2.75) is 62.4 Å². The average Bonchev–Trinajstić information content (AvgIpc) is 2.76. The lowest BCUT2D eigenvalue weighted by Crippen LogP contribution is -2.40. The second-order valence-corrected chi connectivity index (χ2v) is 6.11. The number of thioether (sulfide) groups is 1. The fourth-order valence-corrected chi connectivity index (χ4v) is 2.93. The number of rotatable bonds is 4. The van der Waals surface area contributed by atoms with Crippen LogP contribution in [0.1, 0.15) is 44.9 Å². The van der Waals surface area contributed by atoms with E-state index in [1.54, 1.807) is 0 Å². The van der Waals surface area contributed by atoms with Crippen LogP contribution in [0.2, 0.25) is 0 Å². The van der Waals surface area contributed by atoms with Crippen LogP contribution in [-0.2, 0) is 4.79 Å².